The fraction of sp³-hybridized carbons (Fsp3) is 0.647. The zero-order chi connectivity index (χ0) is 14.3. The largest absolute Gasteiger partial charge is 0.308 e. The maximum atomic E-state index is 3.81. The quantitative estimate of drug-likeness (QED) is 0.726. The average molecular weight is 279 g/mol. The van der Waals surface area contributed by atoms with Crippen molar-refractivity contribution in [2.75, 3.05) is 12.8 Å². The lowest BCUT2D eigenvalue weighted by atomic mass is 9.94. The Hall–Kier alpha value is -0.470. The van der Waals surface area contributed by atoms with E-state index in [4.69, 9.17) is 0 Å². The van der Waals surface area contributed by atoms with Crippen molar-refractivity contribution < 1.29 is 0 Å². The van der Waals surface area contributed by atoms with Crippen LogP contribution in [0, 0.1) is 5.92 Å². The number of hydrogen-bond acceptors (Lipinski definition) is 2. The molecule has 0 fully saturated rings. The Labute approximate surface area is 123 Å². The molecule has 0 aromatic heterocycles. The Morgan fingerprint density at radius 1 is 1.11 bits per heavy atom. The van der Waals surface area contributed by atoms with E-state index in [-0.39, 0.29) is 0 Å². The monoisotopic (exact) mass is 279 g/mol. The first-order valence-electron chi connectivity index (χ1n) is 7.42. The maximum Gasteiger partial charge on any atom is 0.0343 e. The summed E-state index contributed by atoms with van der Waals surface area (Å²) >= 11 is 2.00. The minimum absolute atomic E-state index is 0.377. The molecule has 0 saturated heterocycles. The molecule has 0 amide bonds. The van der Waals surface area contributed by atoms with Crippen LogP contribution in [0.5, 0.6) is 0 Å². The van der Waals surface area contributed by atoms with Gasteiger partial charge in [-0.2, -0.15) is 11.8 Å². The van der Waals surface area contributed by atoms with Gasteiger partial charge in [-0.1, -0.05) is 58.0 Å². The SMILES string of the molecule is CCC(CC)(CNC(c1ccccc1)C(C)C)SC. The summed E-state index contributed by atoms with van der Waals surface area (Å²) in [5, 5.41) is 3.81. The van der Waals surface area contributed by atoms with Crippen LogP contribution in [0.1, 0.15) is 52.1 Å². The van der Waals surface area contributed by atoms with Crippen LogP contribution < -0.4 is 5.32 Å². The Balaban J connectivity index is 2.76. The molecule has 0 aliphatic carbocycles. The van der Waals surface area contributed by atoms with E-state index in [2.05, 4.69) is 69.6 Å². The summed E-state index contributed by atoms with van der Waals surface area (Å²) in [5.41, 5.74) is 1.40. The van der Waals surface area contributed by atoms with Crippen LogP contribution in [-0.2, 0) is 0 Å². The zero-order valence-electron chi connectivity index (χ0n) is 13.1. The molecule has 0 bridgehead atoms. The summed E-state index contributed by atoms with van der Waals surface area (Å²) in [6.07, 6.45) is 4.68. The number of nitrogens with one attached hydrogen (secondary N) is 1. The first kappa shape index (κ1) is 16.6. The van der Waals surface area contributed by atoms with Gasteiger partial charge in [0, 0.05) is 17.3 Å². The van der Waals surface area contributed by atoms with Crippen molar-refractivity contribution in [2.45, 2.75) is 51.3 Å². The van der Waals surface area contributed by atoms with Gasteiger partial charge in [0.15, 0.2) is 0 Å². The fourth-order valence-corrected chi connectivity index (χ4v) is 3.36. The molecule has 2 heteroatoms. The highest BCUT2D eigenvalue weighted by atomic mass is 32.2. The van der Waals surface area contributed by atoms with E-state index in [0.717, 1.165) is 6.54 Å². The first-order valence-corrected chi connectivity index (χ1v) is 8.64. The first-order chi connectivity index (χ1) is 9.08. The second kappa shape index (κ2) is 7.96. The topological polar surface area (TPSA) is 12.0 Å². The molecule has 1 unspecified atom stereocenters. The predicted molar refractivity (Wildman–Crippen MR) is 88.9 cm³/mol. The van der Waals surface area contributed by atoms with Gasteiger partial charge in [0.2, 0.25) is 0 Å². The molecule has 0 aliphatic heterocycles. The summed E-state index contributed by atoms with van der Waals surface area (Å²) in [4.78, 5) is 0. The Bertz CT molecular complexity index is 335. The highest BCUT2D eigenvalue weighted by Gasteiger charge is 2.26. The molecular weight excluding hydrogens is 250 g/mol. The molecular formula is C17H29NS. The number of thioether (sulfide) groups is 1. The Morgan fingerprint density at radius 3 is 2.11 bits per heavy atom. The summed E-state index contributed by atoms with van der Waals surface area (Å²) in [5.74, 6) is 0.607. The molecule has 1 aromatic carbocycles. The summed E-state index contributed by atoms with van der Waals surface area (Å²) in [6.45, 7) is 10.3. The van der Waals surface area contributed by atoms with Crippen molar-refractivity contribution in [1.29, 1.82) is 0 Å². The number of hydrogen-bond donors (Lipinski definition) is 1. The lowest BCUT2D eigenvalue weighted by Gasteiger charge is -2.33. The predicted octanol–water partition coefficient (Wildman–Crippen LogP) is 4.90. The van der Waals surface area contributed by atoms with Crippen molar-refractivity contribution >= 4 is 11.8 Å². The molecule has 1 atom stereocenters. The molecule has 0 heterocycles. The highest BCUT2D eigenvalue weighted by molar-refractivity contribution is 8.00. The van der Waals surface area contributed by atoms with Crippen LogP contribution in [-0.4, -0.2) is 17.5 Å². The third-order valence-corrected chi connectivity index (χ3v) is 5.78. The van der Waals surface area contributed by atoms with Gasteiger partial charge in [0.25, 0.3) is 0 Å². The van der Waals surface area contributed by atoms with E-state index in [1.165, 1.54) is 18.4 Å². The van der Waals surface area contributed by atoms with Gasteiger partial charge in [-0.3, -0.25) is 0 Å². The Morgan fingerprint density at radius 2 is 1.68 bits per heavy atom. The van der Waals surface area contributed by atoms with Gasteiger partial charge in [-0.25, -0.2) is 0 Å². The van der Waals surface area contributed by atoms with Crippen LogP contribution in [0.2, 0.25) is 0 Å². The molecule has 1 N–H and O–H groups in total. The molecule has 0 spiro atoms. The molecule has 0 aliphatic rings. The van der Waals surface area contributed by atoms with Gasteiger partial charge in [-0.15, -0.1) is 0 Å². The third kappa shape index (κ3) is 4.54. The van der Waals surface area contributed by atoms with E-state index < -0.39 is 0 Å². The van der Waals surface area contributed by atoms with Gasteiger partial charge in [0.1, 0.15) is 0 Å². The standard InChI is InChI=1S/C17H29NS/c1-6-17(7-2,19-5)13-18-16(14(3)4)15-11-9-8-10-12-15/h8-12,14,16,18H,6-7,13H2,1-5H3. The van der Waals surface area contributed by atoms with Crippen LogP contribution in [0.15, 0.2) is 30.3 Å². The normalized spacial score (nSPS) is 13.8. The third-order valence-electron chi connectivity index (χ3n) is 4.19. The van der Waals surface area contributed by atoms with Gasteiger partial charge in [-0.05, 0) is 30.6 Å². The lowest BCUT2D eigenvalue weighted by molar-refractivity contribution is 0.377. The highest BCUT2D eigenvalue weighted by Crippen LogP contribution is 2.31. The fourth-order valence-electron chi connectivity index (χ4n) is 2.56. The van der Waals surface area contributed by atoms with E-state index >= 15 is 0 Å². The molecule has 0 saturated carbocycles. The zero-order valence-corrected chi connectivity index (χ0v) is 13.9. The smallest absolute Gasteiger partial charge is 0.0343 e. The Kier molecular flexibility index (Phi) is 6.95. The van der Waals surface area contributed by atoms with E-state index in [0.29, 0.717) is 16.7 Å². The van der Waals surface area contributed by atoms with Crippen molar-refractivity contribution in [3.8, 4) is 0 Å². The summed E-state index contributed by atoms with van der Waals surface area (Å²) < 4.78 is 0.377. The minimum Gasteiger partial charge on any atom is -0.308 e. The van der Waals surface area contributed by atoms with Crippen LogP contribution in [0.3, 0.4) is 0 Å². The van der Waals surface area contributed by atoms with Gasteiger partial charge >= 0.3 is 0 Å². The van der Waals surface area contributed by atoms with E-state index in [9.17, 15) is 0 Å². The van der Waals surface area contributed by atoms with Gasteiger partial charge < -0.3 is 5.32 Å². The second-order valence-electron chi connectivity index (χ2n) is 5.61. The van der Waals surface area contributed by atoms with Crippen LogP contribution >= 0.6 is 11.8 Å². The number of rotatable bonds is 8. The molecule has 1 nitrogen and oxygen atoms in total. The maximum absolute atomic E-state index is 3.81. The summed E-state index contributed by atoms with van der Waals surface area (Å²) in [7, 11) is 0. The van der Waals surface area contributed by atoms with Crippen molar-refractivity contribution in [3.63, 3.8) is 0 Å². The minimum atomic E-state index is 0.377. The van der Waals surface area contributed by atoms with Crippen molar-refractivity contribution in [3.05, 3.63) is 35.9 Å². The average Bonchev–Trinajstić information content (AvgIpc) is 2.45. The molecule has 1 aromatic rings. The van der Waals surface area contributed by atoms with Crippen molar-refractivity contribution in [2.24, 2.45) is 5.92 Å². The van der Waals surface area contributed by atoms with Crippen LogP contribution in [0.25, 0.3) is 0 Å². The van der Waals surface area contributed by atoms with E-state index in [1.54, 1.807) is 0 Å². The second-order valence-corrected chi connectivity index (χ2v) is 6.88. The molecule has 1 rings (SSSR count). The lowest BCUT2D eigenvalue weighted by Crippen LogP contribution is -2.39. The molecule has 0 radical (unpaired) electrons. The molecule has 19 heavy (non-hydrogen) atoms. The van der Waals surface area contributed by atoms with E-state index in [1.807, 2.05) is 11.8 Å². The van der Waals surface area contributed by atoms with Crippen molar-refractivity contribution in [1.82, 2.24) is 5.32 Å². The molecule has 108 valence electrons. The van der Waals surface area contributed by atoms with Gasteiger partial charge in [0.05, 0.1) is 0 Å². The number of benzene rings is 1. The van der Waals surface area contributed by atoms with Crippen LogP contribution in [0.4, 0.5) is 0 Å². The summed E-state index contributed by atoms with van der Waals surface area (Å²) in [6, 6.07) is 11.3.